The van der Waals surface area contributed by atoms with E-state index in [4.69, 9.17) is 4.74 Å². The maximum Gasteiger partial charge on any atom is 0.262 e. The number of nitrogens with one attached hydrogen (secondary N) is 1. The minimum Gasteiger partial charge on any atom is -0.486 e. The van der Waals surface area contributed by atoms with Gasteiger partial charge in [0.25, 0.3) is 15.9 Å². The molecule has 0 saturated carbocycles. The van der Waals surface area contributed by atoms with Crippen LogP contribution in [0.25, 0.3) is 11.1 Å². The molecule has 2 N–H and O–H groups in total. The van der Waals surface area contributed by atoms with Crippen molar-refractivity contribution < 1.29 is 23.1 Å². The third-order valence-electron chi connectivity index (χ3n) is 7.99. The van der Waals surface area contributed by atoms with E-state index in [1.165, 1.54) is 12.1 Å². The van der Waals surface area contributed by atoms with E-state index < -0.39 is 16.1 Å². The summed E-state index contributed by atoms with van der Waals surface area (Å²) in [4.78, 5) is 17.7. The number of sulfonamides is 1. The summed E-state index contributed by atoms with van der Waals surface area (Å²) in [7, 11) is -1.93. The molecule has 0 radical (unpaired) electrons. The number of hydrogen-bond acceptors (Lipinski definition) is 6. The van der Waals surface area contributed by atoms with E-state index in [9.17, 15) is 18.3 Å². The lowest BCUT2D eigenvalue weighted by Crippen LogP contribution is -2.49. The largest absolute Gasteiger partial charge is 0.486 e. The van der Waals surface area contributed by atoms with Crippen molar-refractivity contribution in [2.75, 3.05) is 31.5 Å². The van der Waals surface area contributed by atoms with E-state index in [1.54, 1.807) is 48.2 Å². The van der Waals surface area contributed by atoms with Gasteiger partial charge in [0.05, 0.1) is 28.8 Å². The SMILES string of the molecule is C[C@H]1CN([C@@H](C)CO)C(=O)c2cccc(NS(=O)(=O)c3ccccc3)c2O[C@H]1CN(C)Cc1ccc(-c2ccccc2)cc1. The Morgan fingerprint density at radius 2 is 1.57 bits per heavy atom. The molecule has 5 rings (SSSR count). The van der Waals surface area contributed by atoms with Gasteiger partial charge in [-0.3, -0.25) is 14.4 Å². The molecule has 1 aliphatic heterocycles. The normalized spacial score (nSPS) is 17.8. The van der Waals surface area contributed by atoms with Crippen LogP contribution in [0.15, 0.2) is 108 Å². The molecule has 0 unspecified atom stereocenters. The molecule has 8 nitrogen and oxygen atoms in total. The van der Waals surface area contributed by atoms with Crippen molar-refractivity contribution in [3.63, 3.8) is 0 Å². The maximum atomic E-state index is 13.8. The van der Waals surface area contributed by atoms with Crippen LogP contribution in [0.2, 0.25) is 0 Å². The van der Waals surface area contributed by atoms with Gasteiger partial charge in [0.15, 0.2) is 5.75 Å². The van der Waals surface area contributed by atoms with E-state index in [0.29, 0.717) is 19.6 Å². The van der Waals surface area contributed by atoms with Gasteiger partial charge in [-0.15, -0.1) is 0 Å². The van der Waals surface area contributed by atoms with Crippen molar-refractivity contribution >= 4 is 21.6 Å². The fourth-order valence-corrected chi connectivity index (χ4v) is 6.55. The number of nitrogens with zero attached hydrogens (tertiary/aromatic N) is 2. The van der Waals surface area contributed by atoms with Crippen molar-refractivity contribution in [1.29, 1.82) is 0 Å². The zero-order valence-electron chi connectivity index (χ0n) is 25.3. The first-order valence-corrected chi connectivity index (χ1v) is 16.3. The highest BCUT2D eigenvalue weighted by Crippen LogP contribution is 2.36. The molecule has 3 atom stereocenters. The topological polar surface area (TPSA) is 99.2 Å². The Hall–Kier alpha value is -4.18. The lowest BCUT2D eigenvalue weighted by molar-refractivity contribution is 0.0344. The summed E-state index contributed by atoms with van der Waals surface area (Å²) < 4.78 is 35.8. The van der Waals surface area contributed by atoms with E-state index in [2.05, 4.69) is 46.0 Å². The van der Waals surface area contributed by atoms with Crippen LogP contribution in [0.5, 0.6) is 5.75 Å². The zero-order valence-corrected chi connectivity index (χ0v) is 26.1. The molecular weight excluding hydrogens is 574 g/mol. The second-order valence-electron chi connectivity index (χ2n) is 11.5. The van der Waals surface area contributed by atoms with E-state index in [1.807, 2.05) is 32.2 Å². The van der Waals surface area contributed by atoms with Crippen LogP contribution in [0.4, 0.5) is 5.69 Å². The molecule has 1 aliphatic rings. The Kier molecular flexibility index (Phi) is 9.68. The summed E-state index contributed by atoms with van der Waals surface area (Å²) in [6.45, 7) is 5.19. The first-order chi connectivity index (χ1) is 21.2. The van der Waals surface area contributed by atoms with Crippen molar-refractivity contribution in [3.8, 4) is 16.9 Å². The molecule has 0 bridgehead atoms. The smallest absolute Gasteiger partial charge is 0.262 e. The number of likely N-dealkylation sites (N-methyl/N-ethyl adjacent to an activating group) is 1. The predicted octanol–water partition coefficient (Wildman–Crippen LogP) is 5.51. The third-order valence-corrected chi connectivity index (χ3v) is 9.38. The van der Waals surface area contributed by atoms with Gasteiger partial charge in [0.2, 0.25) is 0 Å². The molecule has 0 saturated heterocycles. The first-order valence-electron chi connectivity index (χ1n) is 14.8. The van der Waals surface area contributed by atoms with Gasteiger partial charge in [0.1, 0.15) is 6.10 Å². The highest BCUT2D eigenvalue weighted by atomic mass is 32.2. The molecule has 0 aromatic heterocycles. The van der Waals surface area contributed by atoms with E-state index >= 15 is 0 Å². The number of carbonyl (C=O) groups excluding carboxylic acids is 1. The summed E-state index contributed by atoms with van der Waals surface area (Å²) in [5, 5.41) is 9.98. The van der Waals surface area contributed by atoms with Gasteiger partial charge < -0.3 is 14.7 Å². The lowest BCUT2D eigenvalue weighted by atomic mass is 9.98. The zero-order chi connectivity index (χ0) is 31.3. The number of aliphatic hydroxyl groups excluding tert-OH is 1. The van der Waals surface area contributed by atoms with Gasteiger partial charge in [-0.2, -0.15) is 0 Å². The number of ether oxygens (including phenoxy) is 1. The Balaban J connectivity index is 1.42. The van der Waals surface area contributed by atoms with Crippen LogP contribution in [0.3, 0.4) is 0 Å². The van der Waals surface area contributed by atoms with Gasteiger partial charge >= 0.3 is 0 Å². The molecule has 4 aromatic carbocycles. The summed E-state index contributed by atoms with van der Waals surface area (Å²) in [5.74, 6) is -0.258. The fourth-order valence-electron chi connectivity index (χ4n) is 5.46. The van der Waals surface area contributed by atoms with Crippen molar-refractivity contribution in [1.82, 2.24) is 9.80 Å². The molecule has 230 valence electrons. The number of fused-ring (bicyclic) bond motifs is 1. The monoisotopic (exact) mass is 613 g/mol. The molecule has 9 heteroatoms. The highest BCUT2D eigenvalue weighted by molar-refractivity contribution is 7.92. The number of benzene rings is 4. The summed E-state index contributed by atoms with van der Waals surface area (Å²) >= 11 is 0. The van der Waals surface area contributed by atoms with Crippen LogP contribution in [-0.4, -0.2) is 68.1 Å². The molecule has 0 fully saturated rings. The Morgan fingerprint density at radius 3 is 2.23 bits per heavy atom. The number of rotatable bonds is 10. The number of aliphatic hydroxyl groups is 1. The quantitative estimate of drug-likeness (QED) is 0.245. The average molecular weight is 614 g/mol. The summed E-state index contributed by atoms with van der Waals surface area (Å²) in [6.07, 6.45) is -0.383. The van der Waals surface area contributed by atoms with Crippen molar-refractivity contribution in [2.45, 2.75) is 37.4 Å². The Bertz CT molecular complexity index is 1660. The average Bonchev–Trinajstić information content (AvgIpc) is 3.03. The minimum atomic E-state index is -3.94. The standard InChI is InChI=1S/C35H39N3O5S/c1-25-21-38(26(2)24-39)35(40)31-15-10-16-32(36-44(41,42)30-13-8-5-9-14-30)34(31)43-33(25)23-37(3)22-27-17-19-29(20-18-27)28-11-6-4-7-12-28/h4-20,25-26,33,36,39H,21-24H2,1-3H3/t25-,26-,33-/m0/s1. The molecule has 44 heavy (non-hydrogen) atoms. The van der Waals surface area contributed by atoms with E-state index in [0.717, 1.165) is 16.7 Å². The molecule has 1 amide bonds. The predicted molar refractivity (Wildman–Crippen MR) is 173 cm³/mol. The van der Waals surface area contributed by atoms with Crippen molar-refractivity contribution in [2.24, 2.45) is 5.92 Å². The van der Waals surface area contributed by atoms with Crippen molar-refractivity contribution in [3.05, 3.63) is 114 Å². The van der Waals surface area contributed by atoms with Gasteiger partial charge in [-0.25, -0.2) is 8.42 Å². The fraction of sp³-hybridized carbons (Fsp3) is 0.286. The number of amides is 1. The third kappa shape index (κ3) is 7.13. The molecule has 4 aromatic rings. The van der Waals surface area contributed by atoms with Gasteiger partial charge in [-0.05, 0) is 54.9 Å². The van der Waals surface area contributed by atoms with Crippen LogP contribution < -0.4 is 9.46 Å². The molecule has 0 spiro atoms. The van der Waals surface area contributed by atoms with Crippen LogP contribution in [0.1, 0.15) is 29.8 Å². The number of anilines is 1. The number of hydrogen-bond donors (Lipinski definition) is 2. The Morgan fingerprint density at radius 1 is 0.932 bits per heavy atom. The van der Waals surface area contributed by atoms with Gasteiger partial charge in [0, 0.05) is 25.6 Å². The lowest BCUT2D eigenvalue weighted by Gasteiger charge is -2.38. The molecular formula is C35H39N3O5S. The summed E-state index contributed by atoms with van der Waals surface area (Å²) in [5.41, 5.74) is 3.90. The Labute approximate surface area is 260 Å². The van der Waals surface area contributed by atoms with Crippen LogP contribution in [0, 0.1) is 5.92 Å². The highest BCUT2D eigenvalue weighted by Gasteiger charge is 2.35. The van der Waals surface area contributed by atoms with Crippen LogP contribution in [-0.2, 0) is 16.6 Å². The maximum absolute atomic E-state index is 13.8. The molecule has 0 aliphatic carbocycles. The van der Waals surface area contributed by atoms with Crippen LogP contribution >= 0.6 is 0 Å². The second-order valence-corrected chi connectivity index (χ2v) is 13.2. The molecule has 1 heterocycles. The van der Waals surface area contributed by atoms with E-state index in [-0.39, 0.29) is 46.4 Å². The van der Waals surface area contributed by atoms with Gasteiger partial charge in [-0.1, -0.05) is 85.8 Å². The summed E-state index contributed by atoms with van der Waals surface area (Å²) in [6, 6.07) is 31.2. The minimum absolute atomic E-state index is 0.105. The second kappa shape index (κ2) is 13.6. The number of carbonyl (C=O) groups is 1. The first kappa shape index (κ1) is 31.3. The number of para-hydroxylation sites is 1.